The highest BCUT2D eigenvalue weighted by molar-refractivity contribution is 6.12. The smallest absolute Gasteiger partial charge is 0.160 e. The molecule has 0 bridgehead atoms. The zero-order valence-corrected chi connectivity index (χ0v) is 22.1. The van der Waals surface area contributed by atoms with Gasteiger partial charge in [0, 0.05) is 11.3 Å². The first-order valence-electron chi connectivity index (χ1n) is 13.1. The molecule has 1 aliphatic rings. The van der Waals surface area contributed by atoms with Crippen molar-refractivity contribution in [2.45, 2.75) is 26.7 Å². The van der Waals surface area contributed by atoms with E-state index >= 15 is 0 Å². The average Bonchev–Trinajstić information content (AvgIpc) is 2.98. The highest BCUT2D eigenvalue weighted by atomic mass is 14.9. The number of hydrogen-bond acceptors (Lipinski definition) is 1. The molecule has 0 unspecified atom stereocenters. The minimum absolute atomic E-state index is 0.648. The minimum Gasteiger partial charge on any atom is -0.233 e. The van der Waals surface area contributed by atoms with Crippen molar-refractivity contribution in [3.8, 4) is 11.1 Å². The number of benzene rings is 4. The van der Waals surface area contributed by atoms with Crippen LogP contribution < -0.4 is 0 Å². The largest absolute Gasteiger partial charge is 0.233 e. The lowest BCUT2D eigenvalue weighted by Gasteiger charge is -2.10. The van der Waals surface area contributed by atoms with E-state index in [4.69, 9.17) is 9.98 Å². The third-order valence-electron chi connectivity index (χ3n) is 6.78. The fourth-order valence-corrected chi connectivity index (χ4v) is 4.49. The van der Waals surface area contributed by atoms with Crippen LogP contribution in [-0.4, -0.2) is 11.5 Å². The third-order valence-corrected chi connectivity index (χ3v) is 6.78. The summed E-state index contributed by atoms with van der Waals surface area (Å²) >= 11 is 0. The summed E-state index contributed by atoms with van der Waals surface area (Å²) in [6, 6.07) is 35.7. The second-order valence-electron chi connectivity index (χ2n) is 9.61. The van der Waals surface area contributed by atoms with E-state index in [0.717, 1.165) is 40.8 Å². The summed E-state index contributed by atoms with van der Waals surface area (Å²) in [5.41, 5.74) is 10.7. The fraction of sp³-hybridized carbons (Fsp3) is 0.111. The maximum Gasteiger partial charge on any atom is 0.160 e. The standard InChI is InChI=1S/C36H32N2/c1-26-14-16-29(17-15-26)27(2)37-36(35-24-22-34(23-25-35)32-12-8-5-9-13-32)38-28(3)30-18-20-33(21-19-30)31-10-6-4-7-11-31/h5-6,8-25H,3-4,7H2,1-2H3. The van der Waals surface area contributed by atoms with Crippen molar-refractivity contribution in [1.82, 2.24) is 0 Å². The van der Waals surface area contributed by atoms with Crippen molar-refractivity contribution in [3.63, 3.8) is 0 Å². The van der Waals surface area contributed by atoms with Crippen molar-refractivity contribution in [2.75, 3.05) is 0 Å². The molecule has 0 spiro atoms. The Bertz CT molecular complexity index is 1530. The quantitative estimate of drug-likeness (QED) is 0.189. The van der Waals surface area contributed by atoms with Crippen LogP contribution in [0.1, 0.15) is 47.6 Å². The molecule has 0 aromatic heterocycles. The predicted molar refractivity (Wildman–Crippen MR) is 164 cm³/mol. The molecule has 38 heavy (non-hydrogen) atoms. The van der Waals surface area contributed by atoms with Crippen LogP contribution in [0.4, 0.5) is 0 Å². The Balaban J connectivity index is 1.48. The highest BCUT2D eigenvalue weighted by Crippen LogP contribution is 2.25. The van der Waals surface area contributed by atoms with Crippen LogP contribution in [-0.2, 0) is 0 Å². The van der Waals surface area contributed by atoms with E-state index in [1.807, 2.05) is 13.0 Å². The van der Waals surface area contributed by atoms with Crippen LogP contribution in [0.3, 0.4) is 0 Å². The average molecular weight is 493 g/mol. The second-order valence-corrected chi connectivity index (χ2v) is 9.61. The van der Waals surface area contributed by atoms with Gasteiger partial charge in [0.05, 0.1) is 5.70 Å². The molecule has 2 nitrogen and oxygen atoms in total. The molecule has 0 atom stereocenters. The molecule has 4 aromatic carbocycles. The van der Waals surface area contributed by atoms with Gasteiger partial charge in [-0.05, 0) is 60.1 Å². The Morgan fingerprint density at radius 3 is 1.89 bits per heavy atom. The molecule has 0 amide bonds. The molecule has 0 N–H and O–H groups in total. The van der Waals surface area contributed by atoms with Crippen LogP contribution in [0.25, 0.3) is 22.4 Å². The highest BCUT2D eigenvalue weighted by Gasteiger charge is 2.09. The molecule has 4 aromatic rings. The minimum atomic E-state index is 0.648. The number of nitrogens with zero attached hydrogens (tertiary/aromatic N) is 2. The van der Waals surface area contributed by atoms with E-state index in [1.54, 1.807) is 0 Å². The molecular formula is C36H32N2. The number of aliphatic imine (C=N–C) groups is 2. The van der Waals surface area contributed by atoms with E-state index in [-0.39, 0.29) is 0 Å². The summed E-state index contributed by atoms with van der Waals surface area (Å²) in [6.07, 6.45) is 8.93. The van der Waals surface area contributed by atoms with Crippen LogP contribution in [0, 0.1) is 6.92 Å². The zero-order chi connectivity index (χ0) is 26.3. The second kappa shape index (κ2) is 11.7. The normalized spacial score (nSPS) is 13.8. The Hall–Kier alpha value is -4.56. The molecule has 0 saturated carbocycles. The fourth-order valence-electron chi connectivity index (χ4n) is 4.49. The van der Waals surface area contributed by atoms with Gasteiger partial charge in [-0.1, -0.05) is 133 Å². The first-order chi connectivity index (χ1) is 18.6. The van der Waals surface area contributed by atoms with E-state index < -0.39 is 0 Å². The first-order valence-corrected chi connectivity index (χ1v) is 13.1. The van der Waals surface area contributed by atoms with Gasteiger partial charge < -0.3 is 0 Å². The first kappa shape index (κ1) is 25.1. The topological polar surface area (TPSA) is 24.7 Å². The van der Waals surface area contributed by atoms with Crippen LogP contribution in [0.2, 0.25) is 0 Å². The van der Waals surface area contributed by atoms with Gasteiger partial charge in [-0.2, -0.15) is 0 Å². The SMILES string of the molecule is C=C(N=C(N=C(C)c1ccc(C)cc1)c1ccc(-c2ccccc2)cc1)c1ccc(C2=CCCC=C2)cc1. The number of aryl methyl sites for hydroxylation is 1. The van der Waals surface area contributed by atoms with Crippen molar-refractivity contribution in [2.24, 2.45) is 9.98 Å². The van der Waals surface area contributed by atoms with Crippen LogP contribution in [0.15, 0.2) is 138 Å². The Morgan fingerprint density at radius 1 is 0.632 bits per heavy atom. The number of hydrogen-bond donors (Lipinski definition) is 0. The number of allylic oxidation sites excluding steroid dienone is 4. The van der Waals surface area contributed by atoms with Crippen LogP contribution in [0.5, 0.6) is 0 Å². The summed E-state index contributed by atoms with van der Waals surface area (Å²) in [7, 11) is 0. The van der Waals surface area contributed by atoms with Crippen molar-refractivity contribution < 1.29 is 0 Å². The molecule has 0 fully saturated rings. The van der Waals surface area contributed by atoms with Gasteiger partial charge in [0.2, 0.25) is 0 Å². The molecule has 186 valence electrons. The van der Waals surface area contributed by atoms with Gasteiger partial charge in [0.1, 0.15) is 0 Å². The zero-order valence-electron chi connectivity index (χ0n) is 22.1. The molecule has 5 rings (SSSR count). The van der Waals surface area contributed by atoms with E-state index in [2.05, 4.69) is 129 Å². The summed E-state index contributed by atoms with van der Waals surface area (Å²) < 4.78 is 0. The summed E-state index contributed by atoms with van der Waals surface area (Å²) in [5.74, 6) is 0.648. The van der Waals surface area contributed by atoms with E-state index in [9.17, 15) is 0 Å². The van der Waals surface area contributed by atoms with Gasteiger partial charge in [-0.25, -0.2) is 9.98 Å². The van der Waals surface area contributed by atoms with Gasteiger partial charge >= 0.3 is 0 Å². The van der Waals surface area contributed by atoms with E-state index in [0.29, 0.717) is 11.5 Å². The molecule has 0 aliphatic heterocycles. The summed E-state index contributed by atoms with van der Waals surface area (Å²) in [4.78, 5) is 9.94. The lowest BCUT2D eigenvalue weighted by molar-refractivity contribution is 1.04. The van der Waals surface area contributed by atoms with Crippen molar-refractivity contribution in [3.05, 3.63) is 156 Å². The summed E-state index contributed by atoms with van der Waals surface area (Å²) in [6.45, 7) is 8.42. The molecule has 1 aliphatic carbocycles. The van der Waals surface area contributed by atoms with Gasteiger partial charge in [0.15, 0.2) is 5.84 Å². The molecule has 2 heteroatoms. The number of amidine groups is 1. The maximum atomic E-state index is 4.99. The molecule has 0 heterocycles. The Labute approximate surface area is 226 Å². The van der Waals surface area contributed by atoms with Gasteiger partial charge in [-0.15, -0.1) is 0 Å². The molecular weight excluding hydrogens is 460 g/mol. The Kier molecular flexibility index (Phi) is 7.70. The molecule has 0 radical (unpaired) electrons. The monoisotopic (exact) mass is 492 g/mol. The predicted octanol–water partition coefficient (Wildman–Crippen LogP) is 9.32. The van der Waals surface area contributed by atoms with Gasteiger partial charge in [0.25, 0.3) is 0 Å². The van der Waals surface area contributed by atoms with Crippen LogP contribution >= 0.6 is 0 Å². The number of rotatable bonds is 6. The maximum absolute atomic E-state index is 4.99. The van der Waals surface area contributed by atoms with Gasteiger partial charge in [-0.3, -0.25) is 0 Å². The Morgan fingerprint density at radius 2 is 1.24 bits per heavy atom. The van der Waals surface area contributed by atoms with E-state index in [1.165, 1.54) is 22.3 Å². The lowest BCUT2D eigenvalue weighted by atomic mass is 9.98. The van der Waals surface area contributed by atoms with Crippen molar-refractivity contribution >= 4 is 22.8 Å². The molecule has 0 saturated heterocycles. The third kappa shape index (κ3) is 6.04. The summed E-state index contributed by atoms with van der Waals surface area (Å²) in [5, 5.41) is 0. The van der Waals surface area contributed by atoms with Crippen molar-refractivity contribution in [1.29, 1.82) is 0 Å². The lowest BCUT2D eigenvalue weighted by Crippen LogP contribution is -2.04.